The average molecular weight is 291 g/mol. The lowest BCUT2D eigenvalue weighted by Crippen LogP contribution is -1.95. The summed E-state index contributed by atoms with van der Waals surface area (Å²) >= 11 is 5.82. The number of benzene rings is 2. The van der Waals surface area contributed by atoms with Crippen LogP contribution >= 0.6 is 11.6 Å². The van der Waals surface area contributed by atoms with Crippen LogP contribution in [0.15, 0.2) is 42.5 Å². The number of hydrogen-bond donors (Lipinski definition) is 3. The lowest BCUT2D eigenvalue weighted by atomic mass is 10.1. The molecule has 3 N–H and O–H groups in total. The first-order valence-corrected chi connectivity index (χ1v) is 6.08. The first-order valence-electron chi connectivity index (χ1n) is 5.70. The molecule has 4 nitrogen and oxygen atoms in total. The first-order chi connectivity index (χ1) is 9.47. The van der Waals surface area contributed by atoms with E-state index in [1.54, 1.807) is 24.3 Å². The zero-order valence-corrected chi connectivity index (χ0v) is 11.0. The summed E-state index contributed by atoms with van der Waals surface area (Å²) in [5.41, 5.74) is 0.449. The zero-order chi connectivity index (χ0) is 14.7. The maximum Gasteiger partial charge on any atom is 0.193 e. The molecule has 2 aromatic carbocycles. The fourth-order valence-corrected chi connectivity index (χ4v) is 1.91. The van der Waals surface area contributed by atoms with E-state index in [2.05, 4.69) is 0 Å². The average Bonchev–Trinajstić information content (AvgIpc) is 2.35. The van der Waals surface area contributed by atoms with Crippen molar-refractivity contribution in [2.45, 2.75) is 0 Å². The van der Waals surface area contributed by atoms with Crippen LogP contribution in [-0.4, -0.2) is 21.1 Å². The van der Waals surface area contributed by atoms with Gasteiger partial charge in [-0.05, 0) is 23.8 Å². The molecule has 0 saturated heterocycles. The van der Waals surface area contributed by atoms with Crippen LogP contribution in [0.2, 0.25) is 5.02 Å². The van der Waals surface area contributed by atoms with Crippen LogP contribution in [0.25, 0.3) is 6.08 Å². The van der Waals surface area contributed by atoms with Gasteiger partial charge in [0.1, 0.15) is 22.8 Å². The third-order valence-corrected chi connectivity index (χ3v) is 2.84. The summed E-state index contributed by atoms with van der Waals surface area (Å²) in [6, 6.07) is 8.84. The predicted octanol–water partition coefficient (Wildman–Crippen LogP) is 3.35. The summed E-state index contributed by atoms with van der Waals surface area (Å²) < 4.78 is 0. The van der Waals surface area contributed by atoms with Gasteiger partial charge in [0.05, 0.1) is 0 Å². The molecule has 0 aromatic heterocycles. The number of carbonyl (C=O) groups is 1. The van der Waals surface area contributed by atoms with E-state index in [0.29, 0.717) is 10.6 Å². The van der Waals surface area contributed by atoms with Crippen molar-refractivity contribution in [2.24, 2.45) is 0 Å². The second kappa shape index (κ2) is 5.67. The molecule has 0 fully saturated rings. The summed E-state index contributed by atoms with van der Waals surface area (Å²) in [7, 11) is 0. The molecule has 0 radical (unpaired) electrons. The third-order valence-electron chi connectivity index (χ3n) is 2.60. The molecule has 0 aliphatic heterocycles. The van der Waals surface area contributed by atoms with E-state index < -0.39 is 17.3 Å². The Hall–Kier alpha value is -2.46. The van der Waals surface area contributed by atoms with Gasteiger partial charge >= 0.3 is 0 Å². The van der Waals surface area contributed by atoms with Crippen LogP contribution in [0.5, 0.6) is 17.2 Å². The second-order valence-electron chi connectivity index (χ2n) is 4.11. The monoisotopic (exact) mass is 290 g/mol. The summed E-state index contributed by atoms with van der Waals surface area (Å²) in [6.07, 6.45) is 2.72. The van der Waals surface area contributed by atoms with Crippen LogP contribution < -0.4 is 0 Å². The molecule has 0 saturated carbocycles. The van der Waals surface area contributed by atoms with Gasteiger partial charge in [0.15, 0.2) is 5.78 Å². The molecule has 0 aliphatic carbocycles. The molecule has 0 spiro atoms. The van der Waals surface area contributed by atoms with Crippen molar-refractivity contribution in [3.63, 3.8) is 0 Å². The summed E-state index contributed by atoms with van der Waals surface area (Å²) in [5.74, 6) is -1.87. The fraction of sp³-hybridized carbons (Fsp3) is 0. The van der Waals surface area contributed by atoms with Gasteiger partial charge in [-0.2, -0.15) is 0 Å². The molecule has 20 heavy (non-hydrogen) atoms. The number of halogens is 1. The van der Waals surface area contributed by atoms with Gasteiger partial charge in [0, 0.05) is 17.2 Å². The summed E-state index contributed by atoms with van der Waals surface area (Å²) in [5, 5.41) is 28.9. The van der Waals surface area contributed by atoms with Crippen molar-refractivity contribution >= 4 is 23.5 Å². The van der Waals surface area contributed by atoms with Crippen molar-refractivity contribution < 1.29 is 20.1 Å². The van der Waals surface area contributed by atoms with Crippen LogP contribution in [0.3, 0.4) is 0 Å². The third kappa shape index (κ3) is 3.10. The molecule has 5 heteroatoms. The van der Waals surface area contributed by atoms with Crippen molar-refractivity contribution in [3.05, 3.63) is 58.6 Å². The highest BCUT2D eigenvalue weighted by Gasteiger charge is 2.15. The van der Waals surface area contributed by atoms with E-state index >= 15 is 0 Å². The Morgan fingerprint density at radius 3 is 2.30 bits per heavy atom. The molecule has 2 aromatic rings. The fourth-order valence-electron chi connectivity index (χ4n) is 1.72. The number of carbonyl (C=O) groups excluding carboxylic acids is 1. The van der Waals surface area contributed by atoms with Gasteiger partial charge in [-0.1, -0.05) is 29.8 Å². The predicted molar refractivity (Wildman–Crippen MR) is 76.3 cm³/mol. The molecule has 0 heterocycles. The number of rotatable bonds is 3. The Morgan fingerprint density at radius 1 is 1.05 bits per heavy atom. The Bertz CT molecular complexity index is 669. The first kappa shape index (κ1) is 14.0. The maximum absolute atomic E-state index is 11.9. The lowest BCUT2D eigenvalue weighted by molar-refractivity contribution is 0.104. The van der Waals surface area contributed by atoms with Crippen molar-refractivity contribution in [3.8, 4) is 17.2 Å². The van der Waals surface area contributed by atoms with Gasteiger partial charge in [-0.15, -0.1) is 0 Å². The minimum absolute atomic E-state index is 0.263. The van der Waals surface area contributed by atoms with Crippen LogP contribution in [-0.2, 0) is 0 Å². The highest BCUT2D eigenvalue weighted by atomic mass is 35.5. The molecule has 0 amide bonds. The molecule has 0 atom stereocenters. The van der Waals surface area contributed by atoms with E-state index in [1.165, 1.54) is 12.2 Å². The van der Waals surface area contributed by atoms with Crippen molar-refractivity contribution in [2.75, 3.05) is 0 Å². The van der Waals surface area contributed by atoms with E-state index in [0.717, 1.165) is 12.1 Å². The van der Waals surface area contributed by atoms with Gasteiger partial charge in [0.25, 0.3) is 0 Å². The van der Waals surface area contributed by atoms with Crippen LogP contribution in [0.4, 0.5) is 0 Å². The molecule has 0 aliphatic rings. The molecular formula is C15H11ClO4. The van der Waals surface area contributed by atoms with Gasteiger partial charge in [0.2, 0.25) is 0 Å². The molecule has 102 valence electrons. The Morgan fingerprint density at radius 2 is 1.70 bits per heavy atom. The van der Waals surface area contributed by atoms with Crippen LogP contribution in [0.1, 0.15) is 15.9 Å². The number of phenols is 3. The van der Waals surface area contributed by atoms with E-state index in [1.807, 2.05) is 0 Å². The van der Waals surface area contributed by atoms with E-state index in [-0.39, 0.29) is 11.3 Å². The van der Waals surface area contributed by atoms with E-state index in [4.69, 9.17) is 11.6 Å². The Kier molecular flexibility index (Phi) is 3.96. The number of ketones is 1. The van der Waals surface area contributed by atoms with Gasteiger partial charge in [-0.25, -0.2) is 0 Å². The number of allylic oxidation sites excluding steroid dienone is 1. The standard InChI is InChI=1S/C15H11ClO4/c16-10-3-1-2-9(6-10)4-5-12(18)15-13(19)7-11(17)8-14(15)20/h1-8,17,19-20H/b5-4+. The number of phenolic OH excluding ortho intramolecular Hbond substituents is 3. The minimum Gasteiger partial charge on any atom is -0.508 e. The molecule has 0 unspecified atom stereocenters. The minimum atomic E-state index is -0.583. The van der Waals surface area contributed by atoms with Crippen molar-refractivity contribution in [1.82, 2.24) is 0 Å². The summed E-state index contributed by atoms with van der Waals surface area (Å²) in [6.45, 7) is 0. The van der Waals surface area contributed by atoms with Gasteiger partial charge in [-0.3, -0.25) is 4.79 Å². The largest absolute Gasteiger partial charge is 0.508 e. The number of hydrogen-bond acceptors (Lipinski definition) is 4. The Balaban J connectivity index is 2.29. The van der Waals surface area contributed by atoms with E-state index in [9.17, 15) is 20.1 Å². The highest BCUT2D eigenvalue weighted by Crippen LogP contribution is 2.32. The quantitative estimate of drug-likeness (QED) is 0.598. The van der Waals surface area contributed by atoms with Crippen LogP contribution in [0, 0.1) is 0 Å². The zero-order valence-electron chi connectivity index (χ0n) is 10.2. The second-order valence-corrected chi connectivity index (χ2v) is 4.55. The molecule has 0 bridgehead atoms. The topological polar surface area (TPSA) is 77.8 Å². The van der Waals surface area contributed by atoms with Gasteiger partial charge < -0.3 is 15.3 Å². The van der Waals surface area contributed by atoms with Crippen molar-refractivity contribution in [1.29, 1.82) is 0 Å². The molecule has 2 rings (SSSR count). The lowest BCUT2D eigenvalue weighted by Gasteiger charge is -2.04. The SMILES string of the molecule is O=C(/C=C/c1cccc(Cl)c1)c1c(O)cc(O)cc1O. The highest BCUT2D eigenvalue weighted by molar-refractivity contribution is 6.30. The smallest absolute Gasteiger partial charge is 0.193 e. The number of aromatic hydroxyl groups is 3. The summed E-state index contributed by atoms with van der Waals surface area (Å²) in [4.78, 5) is 11.9. The normalized spacial score (nSPS) is 10.8. The molecular weight excluding hydrogens is 280 g/mol. The Labute approximate surface area is 120 Å². The maximum atomic E-state index is 11.9.